The van der Waals surface area contributed by atoms with E-state index in [1.165, 1.54) is 13.4 Å². The molecule has 11 heteroatoms. The maximum atomic E-state index is 12.3. The van der Waals surface area contributed by atoms with Gasteiger partial charge in [-0.05, 0) is 25.0 Å². The average Bonchev–Trinajstić information content (AvgIpc) is 2.50. The standard InChI is InChI=1S/C13H18N2O7S2/c1-22-13(16)5-3-4-10-23(2,19)14-24(20,21)12-8-6-11(7-9-12)15(17)18/h6-9H,3-5,10H2,1-2H3/t23-/m0/s1. The van der Waals surface area contributed by atoms with Gasteiger partial charge in [-0.3, -0.25) is 14.9 Å². The summed E-state index contributed by atoms with van der Waals surface area (Å²) >= 11 is 0. The van der Waals surface area contributed by atoms with E-state index in [0.717, 1.165) is 24.3 Å². The van der Waals surface area contributed by atoms with Gasteiger partial charge in [-0.2, -0.15) is 8.42 Å². The molecule has 0 aliphatic rings. The van der Waals surface area contributed by atoms with E-state index in [-0.39, 0.29) is 22.8 Å². The lowest BCUT2D eigenvalue weighted by molar-refractivity contribution is -0.384. The van der Waals surface area contributed by atoms with E-state index in [0.29, 0.717) is 12.8 Å². The summed E-state index contributed by atoms with van der Waals surface area (Å²) in [5, 5.41) is 10.6. The van der Waals surface area contributed by atoms with Crippen LogP contribution in [0.4, 0.5) is 5.69 Å². The first-order valence-corrected chi connectivity index (χ1v) is 10.4. The SMILES string of the molecule is COC(=O)CCCC[S@](C)(=O)=NS(=O)(=O)c1ccc([N+](=O)[O-])cc1. The minimum atomic E-state index is -4.18. The first-order chi connectivity index (χ1) is 11.1. The van der Waals surface area contributed by atoms with Gasteiger partial charge < -0.3 is 4.74 Å². The van der Waals surface area contributed by atoms with Crippen LogP contribution in [0.3, 0.4) is 0 Å². The molecule has 1 aromatic rings. The molecule has 0 saturated carbocycles. The third-order valence-electron chi connectivity index (χ3n) is 2.98. The molecule has 0 N–H and O–H groups in total. The Morgan fingerprint density at radius 1 is 1.21 bits per heavy atom. The van der Waals surface area contributed by atoms with Crippen LogP contribution in [0.1, 0.15) is 19.3 Å². The number of ether oxygens (including phenoxy) is 1. The Labute approximate surface area is 140 Å². The second-order valence-corrected chi connectivity index (χ2v) is 9.34. The lowest BCUT2D eigenvalue weighted by atomic mass is 10.2. The number of carbonyl (C=O) groups is 1. The zero-order valence-corrected chi connectivity index (χ0v) is 14.8. The Balaban J connectivity index is 2.85. The number of nitro benzene ring substituents is 1. The Kier molecular flexibility index (Phi) is 6.84. The summed E-state index contributed by atoms with van der Waals surface area (Å²) in [4.78, 5) is 20.6. The van der Waals surface area contributed by atoms with Crippen LogP contribution in [0.5, 0.6) is 0 Å². The fourth-order valence-electron chi connectivity index (χ4n) is 1.77. The van der Waals surface area contributed by atoms with Crippen molar-refractivity contribution in [2.24, 2.45) is 3.77 Å². The lowest BCUT2D eigenvalue weighted by Crippen LogP contribution is -2.09. The second-order valence-electron chi connectivity index (χ2n) is 5.00. The number of nitro groups is 1. The molecule has 0 heterocycles. The summed E-state index contributed by atoms with van der Waals surface area (Å²) in [6.07, 6.45) is 2.13. The minimum absolute atomic E-state index is 0.0101. The number of nitrogens with zero attached hydrogens (tertiary/aromatic N) is 2. The van der Waals surface area contributed by atoms with Crippen LogP contribution in [0.25, 0.3) is 0 Å². The van der Waals surface area contributed by atoms with E-state index in [9.17, 15) is 27.5 Å². The summed E-state index contributed by atoms with van der Waals surface area (Å²) in [5.41, 5.74) is -0.256. The molecular formula is C13H18N2O7S2. The van der Waals surface area contributed by atoms with Crippen LogP contribution < -0.4 is 0 Å². The molecule has 0 amide bonds. The van der Waals surface area contributed by atoms with Crippen molar-refractivity contribution >= 4 is 31.4 Å². The maximum Gasteiger partial charge on any atom is 0.305 e. The Bertz CT molecular complexity index is 822. The van der Waals surface area contributed by atoms with Crippen molar-refractivity contribution in [1.82, 2.24) is 0 Å². The monoisotopic (exact) mass is 378 g/mol. The molecule has 0 fully saturated rings. The predicted octanol–water partition coefficient (Wildman–Crippen LogP) is 1.72. The minimum Gasteiger partial charge on any atom is -0.469 e. The van der Waals surface area contributed by atoms with E-state index in [4.69, 9.17) is 0 Å². The number of benzene rings is 1. The summed E-state index contributed by atoms with van der Waals surface area (Å²) in [6, 6.07) is 4.17. The highest BCUT2D eigenvalue weighted by molar-refractivity contribution is 8.02. The van der Waals surface area contributed by atoms with Crippen LogP contribution in [0.2, 0.25) is 0 Å². The van der Waals surface area contributed by atoms with Crippen LogP contribution in [-0.4, -0.2) is 42.6 Å². The first-order valence-electron chi connectivity index (χ1n) is 6.85. The molecule has 0 spiro atoms. The fourth-order valence-corrected chi connectivity index (χ4v) is 5.29. The molecule has 0 bridgehead atoms. The van der Waals surface area contributed by atoms with Gasteiger partial charge in [-0.25, -0.2) is 4.21 Å². The van der Waals surface area contributed by atoms with E-state index in [1.807, 2.05) is 0 Å². The van der Waals surface area contributed by atoms with E-state index in [2.05, 4.69) is 8.50 Å². The van der Waals surface area contributed by atoms with Crippen molar-refractivity contribution < 1.29 is 27.1 Å². The van der Waals surface area contributed by atoms with Gasteiger partial charge in [-0.15, -0.1) is 3.77 Å². The topological polar surface area (TPSA) is 133 Å². The fraction of sp³-hybridized carbons (Fsp3) is 0.462. The van der Waals surface area contributed by atoms with Crippen molar-refractivity contribution in [3.63, 3.8) is 0 Å². The van der Waals surface area contributed by atoms with Gasteiger partial charge in [0, 0.05) is 30.6 Å². The largest absolute Gasteiger partial charge is 0.469 e. The van der Waals surface area contributed by atoms with Gasteiger partial charge in [0.15, 0.2) is 0 Å². The van der Waals surface area contributed by atoms with Crippen molar-refractivity contribution in [2.45, 2.75) is 24.2 Å². The summed E-state index contributed by atoms with van der Waals surface area (Å²) in [6.45, 7) is 0. The molecule has 0 aromatic heterocycles. The van der Waals surface area contributed by atoms with Gasteiger partial charge >= 0.3 is 5.97 Å². The Hall–Kier alpha value is -2.01. The number of esters is 1. The van der Waals surface area contributed by atoms with Crippen molar-refractivity contribution in [2.75, 3.05) is 19.1 Å². The molecule has 0 radical (unpaired) electrons. The second kappa shape index (κ2) is 8.20. The van der Waals surface area contributed by atoms with Gasteiger partial charge in [0.2, 0.25) is 0 Å². The molecular weight excluding hydrogens is 360 g/mol. The van der Waals surface area contributed by atoms with Crippen LogP contribution >= 0.6 is 0 Å². The van der Waals surface area contributed by atoms with E-state index >= 15 is 0 Å². The first kappa shape index (κ1) is 20.0. The molecule has 1 aromatic carbocycles. The highest BCUT2D eigenvalue weighted by atomic mass is 32.3. The summed E-state index contributed by atoms with van der Waals surface area (Å²) in [7, 11) is -5.94. The van der Waals surface area contributed by atoms with Crippen molar-refractivity contribution in [1.29, 1.82) is 0 Å². The lowest BCUT2D eigenvalue weighted by Gasteiger charge is -2.05. The molecule has 1 atom stereocenters. The van der Waals surface area contributed by atoms with E-state index < -0.39 is 30.6 Å². The Morgan fingerprint density at radius 3 is 2.29 bits per heavy atom. The van der Waals surface area contributed by atoms with Gasteiger partial charge in [0.1, 0.15) is 0 Å². The number of hydrogen-bond acceptors (Lipinski definition) is 7. The highest BCUT2D eigenvalue weighted by Gasteiger charge is 2.17. The molecule has 9 nitrogen and oxygen atoms in total. The van der Waals surface area contributed by atoms with Gasteiger partial charge in [-0.1, -0.05) is 0 Å². The molecule has 0 saturated heterocycles. The van der Waals surface area contributed by atoms with Crippen molar-refractivity contribution in [3.05, 3.63) is 34.4 Å². The van der Waals surface area contributed by atoms with Gasteiger partial charge in [0.25, 0.3) is 15.7 Å². The predicted molar refractivity (Wildman–Crippen MR) is 87.5 cm³/mol. The molecule has 0 aliphatic carbocycles. The average molecular weight is 378 g/mol. The molecule has 1 rings (SSSR count). The molecule has 24 heavy (non-hydrogen) atoms. The quantitative estimate of drug-likeness (QED) is 0.291. The normalized spacial score (nSPS) is 13.8. The third kappa shape index (κ3) is 6.24. The third-order valence-corrected chi connectivity index (χ3v) is 6.94. The number of methoxy groups -OCH3 is 1. The zero-order valence-electron chi connectivity index (χ0n) is 13.2. The smallest absolute Gasteiger partial charge is 0.305 e. The van der Waals surface area contributed by atoms with Crippen LogP contribution in [0, 0.1) is 10.1 Å². The number of non-ortho nitro benzene ring substituents is 1. The van der Waals surface area contributed by atoms with Crippen LogP contribution in [0.15, 0.2) is 32.9 Å². The van der Waals surface area contributed by atoms with Crippen LogP contribution in [-0.2, 0) is 29.3 Å². The highest BCUT2D eigenvalue weighted by Crippen LogP contribution is 2.19. The zero-order chi connectivity index (χ0) is 18.4. The molecule has 0 unspecified atom stereocenters. The van der Waals surface area contributed by atoms with Crippen molar-refractivity contribution in [3.8, 4) is 0 Å². The molecule has 0 aliphatic heterocycles. The summed E-state index contributed by atoms with van der Waals surface area (Å²) in [5.74, 6) is -0.385. The number of hydrogen-bond donors (Lipinski definition) is 0. The molecule has 134 valence electrons. The maximum absolute atomic E-state index is 12.3. The van der Waals surface area contributed by atoms with Gasteiger partial charge in [0.05, 0.1) is 26.7 Å². The Morgan fingerprint density at radius 2 is 1.79 bits per heavy atom. The number of sulfonamides is 1. The number of rotatable bonds is 8. The number of unbranched alkanes of at least 4 members (excludes halogenated alkanes) is 1. The number of carbonyl (C=O) groups excluding carboxylic acids is 1. The van der Waals surface area contributed by atoms with E-state index in [1.54, 1.807) is 0 Å². The summed E-state index contributed by atoms with van der Waals surface area (Å²) < 4.78 is 44.5.